The molecule has 0 spiro atoms. The third-order valence-corrected chi connectivity index (χ3v) is 2.03. The van der Waals surface area contributed by atoms with Crippen LogP contribution in [0.3, 0.4) is 0 Å². The van der Waals surface area contributed by atoms with Gasteiger partial charge in [0, 0.05) is 10.7 Å². The van der Waals surface area contributed by atoms with Crippen molar-refractivity contribution in [3.63, 3.8) is 0 Å². The van der Waals surface area contributed by atoms with Gasteiger partial charge >= 0.3 is 0 Å². The van der Waals surface area contributed by atoms with Crippen LogP contribution in [-0.4, -0.2) is 12.1 Å². The molecule has 0 saturated heterocycles. The number of rotatable bonds is 2. The molecule has 0 N–H and O–H groups in total. The number of alkyl halides is 2. The fourth-order valence-electron chi connectivity index (χ4n) is 0.859. The highest BCUT2D eigenvalue weighted by Gasteiger charge is 2.21. The number of hydrogen-bond donors (Lipinski definition) is 0. The van der Waals surface area contributed by atoms with Gasteiger partial charge in [0.15, 0.2) is 5.75 Å². The van der Waals surface area contributed by atoms with Crippen LogP contribution >= 0.6 is 15.9 Å². The summed E-state index contributed by atoms with van der Waals surface area (Å²) in [7, 11) is 1.11. The number of nitrogens with zero attached hydrogens (tertiary/aromatic N) is 1. The minimum atomic E-state index is -2.80. The normalized spacial score (nSPS) is 10.6. The van der Waals surface area contributed by atoms with Gasteiger partial charge in [-0.15, -0.1) is 0 Å². The molecule has 13 heavy (non-hydrogen) atoms. The second-order valence-electron chi connectivity index (χ2n) is 2.14. The number of pyridine rings is 1. The maximum Gasteiger partial charge on any atom is 0.268 e. The van der Waals surface area contributed by atoms with Gasteiger partial charge in [0.25, 0.3) is 12.4 Å². The highest BCUT2D eigenvalue weighted by molar-refractivity contribution is 9.10. The fraction of sp³-hybridized carbons (Fsp3) is 0.286. The first kappa shape index (κ1) is 10.3. The van der Waals surface area contributed by atoms with Gasteiger partial charge < -0.3 is 4.74 Å². The van der Waals surface area contributed by atoms with Crippen molar-refractivity contribution in [2.24, 2.45) is 0 Å². The zero-order chi connectivity index (χ0) is 10.0. The van der Waals surface area contributed by atoms with Crippen molar-refractivity contribution < 1.29 is 17.9 Å². The topological polar surface area (TPSA) is 22.1 Å². The van der Waals surface area contributed by atoms with E-state index in [1.165, 1.54) is 0 Å². The molecular weight excluding hydrogens is 251 g/mol. The standard InChI is InChI=1S/C7H5BrF3NO/c1-13-5-4(6(9)10)3(8)2-12-7(5)11/h2,6H,1H3. The smallest absolute Gasteiger partial charge is 0.268 e. The van der Waals surface area contributed by atoms with Crippen LogP contribution in [0.25, 0.3) is 0 Å². The van der Waals surface area contributed by atoms with Crippen LogP contribution in [-0.2, 0) is 0 Å². The third kappa shape index (κ3) is 1.93. The van der Waals surface area contributed by atoms with E-state index in [1.54, 1.807) is 0 Å². The van der Waals surface area contributed by atoms with Gasteiger partial charge in [-0.2, -0.15) is 4.39 Å². The molecule has 0 unspecified atom stereocenters. The molecule has 2 nitrogen and oxygen atoms in total. The van der Waals surface area contributed by atoms with Crippen molar-refractivity contribution in [3.8, 4) is 5.75 Å². The molecule has 1 aromatic heterocycles. The molecule has 6 heteroatoms. The first-order valence-corrected chi connectivity index (χ1v) is 4.03. The largest absolute Gasteiger partial charge is 0.492 e. The summed E-state index contributed by atoms with van der Waals surface area (Å²) in [4.78, 5) is 3.22. The van der Waals surface area contributed by atoms with Crippen molar-refractivity contribution in [2.75, 3.05) is 7.11 Å². The molecule has 72 valence electrons. The van der Waals surface area contributed by atoms with E-state index in [0.29, 0.717) is 0 Å². The van der Waals surface area contributed by atoms with Crippen LogP contribution in [0.15, 0.2) is 10.7 Å². The van der Waals surface area contributed by atoms with Gasteiger partial charge in [-0.25, -0.2) is 13.8 Å². The first-order chi connectivity index (χ1) is 6.07. The van der Waals surface area contributed by atoms with Gasteiger partial charge in [0.1, 0.15) is 0 Å². The molecular formula is C7H5BrF3NO. The van der Waals surface area contributed by atoms with E-state index in [-0.39, 0.29) is 4.47 Å². The quantitative estimate of drug-likeness (QED) is 0.759. The number of methoxy groups -OCH3 is 1. The van der Waals surface area contributed by atoms with Gasteiger partial charge in [0.05, 0.1) is 12.7 Å². The Labute approximate surface area is 80.9 Å². The molecule has 0 saturated carbocycles. The Morgan fingerprint density at radius 3 is 2.54 bits per heavy atom. The number of hydrogen-bond acceptors (Lipinski definition) is 2. The molecule has 0 bridgehead atoms. The van der Waals surface area contributed by atoms with E-state index in [0.717, 1.165) is 13.3 Å². The second-order valence-corrected chi connectivity index (χ2v) is 3.00. The van der Waals surface area contributed by atoms with E-state index < -0.39 is 23.7 Å². The molecule has 0 atom stereocenters. The van der Waals surface area contributed by atoms with Crippen molar-refractivity contribution in [2.45, 2.75) is 6.43 Å². The maximum atomic E-state index is 12.8. The summed E-state index contributed by atoms with van der Waals surface area (Å²) >= 11 is 2.83. The fourth-order valence-corrected chi connectivity index (χ4v) is 1.31. The van der Waals surface area contributed by atoms with Gasteiger partial charge in [0.2, 0.25) is 0 Å². The van der Waals surface area contributed by atoms with E-state index in [4.69, 9.17) is 0 Å². The Morgan fingerprint density at radius 1 is 1.54 bits per heavy atom. The summed E-state index contributed by atoms with van der Waals surface area (Å²) in [5, 5.41) is 0. The van der Waals surface area contributed by atoms with Crippen LogP contribution in [0.4, 0.5) is 13.2 Å². The third-order valence-electron chi connectivity index (χ3n) is 1.40. The van der Waals surface area contributed by atoms with Crippen molar-refractivity contribution in [1.29, 1.82) is 0 Å². The lowest BCUT2D eigenvalue weighted by Crippen LogP contribution is -1.99. The summed E-state index contributed by atoms with van der Waals surface area (Å²) in [5.41, 5.74) is -0.519. The summed E-state index contributed by atoms with van der Waals surface area (Å²) in [6, 6.07) is 0. The Hall–Kier alpha value is -0.780. The summed E-state index contributed by atoms with van der Waals surface area (Å²) in [5.74, 6) is -1.56. The molecule has 0 radical (unpaired) electrons. The molecule has 0 aliphatic carbocycles. The zero-order valence-electron chi connectivity index (χ0n) is 6.52. The Kier molecular flexibility index (Phi) is 3.13. The lowest BCUT2D eigenvalue weighted by atomic mass is 10.2. The van der Waals surface area contributed by atoms with Crippen LogP contribution < -0.4 is 4.74 Å². The highest BCUT2D eigenvalue weighted by atomic mass is 79.9. The van der Waals surface area contributed by atoms with Gasteiger partial charge in [-0.1, -0.05) is 0 Å². The Bertz CT molecular complexity index is 319. The maximum absolute atomic E-state index is 12.8. The average molecular weight is 256 g/mol. The van der Waals surface area contributed by atoms with E-state index in [2.05, 4.69) is 25.7 Å². The first-order valence-electron chi connectivity index (χ1n) is 3.24. The summed E-state index contributed by atoms with van der Waals surface area (Å²) in [6.45, 7) is 0. The van der Waals surface area contributed by atoms with Gasteiger partial charge in [-0.3, -0.25) is 0 Å². The molecule has 1 heterocycles. The predicted molar refractivity (Wildman–Crippen MR) is 43.4 cm³/mol. The van der Waals surface area contributed by atoms with Crippen molar-refractivity contribution >= 4 is 15.9 Å². The monoisotopic (exact) mass is 255 g/mol. The second kappa shape index (κ2) is 3.95. The molecule has 1 rings (SSSR count). The molecule has 0 aliphatic heterocycles. The van der Waals surface area contributed by atoms with Crippen LogP contribution in [0.2, 0.25) is 0 Å². The zero-order valence-corrected chi connectivity index (χ0v) is 8.11. The summed E-state index contributed by atoms with van der Waals surface area (Å²) in [6.07, 6.45) is -1.83. The van der Waals surface area contributed by atoms with Gasteiger partial charge in [-0.05, 0) is 15.9 Å². The number of ether oxygens (including phenoxy) is 1. The lowest BCUT2D eigenvalue weighted by molar-refractivity contribution is 0.144. The molecule has 1 aromatic rings. The van der Waals surface area contributed by atoms with Crippen LogP contribution in [0.5, 0.6) is 5.75 Å². The van der Waals surface area contributed by atoms with Crippen molar-refractivity contribution in [1.82, 2.24) is 4.98 Å². The average Bonchev–Trinajstić information content (AvgIpc) is 2.07. The lowest BCUT2D eigenvalue weighted by Gasteiger charge is -2.09. The van der Waals surface area contributed by atoms with E-state index in [9.17, 15) is 13.2 Å². The molecule has 0 fully saturated rings. The molecule has 0 aliphatic rings. The number of aromatic nitrogens is 1. The minimum absolute atomic E-state index is 0.0285. The van der Waals surface area contributed by atoms with Crippen LogP contribution in [0, 0.1) is 5.95 Å². The minimum Gasteiger partial charge on any atom is -0.492 e. The predicted octanol–water partition coefficient (Wildman–Crippen LogP) is 2.93. The molecule has 0 aromatic carbocycles. The summed E-state index contributed by atoms with van der Waals surface area (Å²) < 4.78 is 42.0. The number of halogens is 4. The van der Waals surface area contributed by atoms with Crippen molar-refractivity contribution in [3.05, 3.63) is 22.2 Å². The SMILES string of the molecule is COc1c(F)ncc(Br)c1C(F)F. The van der Waals surface area contributed by atoms with E-state index >= 15 is 0 Å². The van der Waals surface area contributed by atoms with E-state index in [1.807, 2.05) is 0 Å². The van der Waals surface area contributed by atoms with Crippen LogP contribution in [0.1, 0.15) is 12.0 Å². The molecule has 0 amide bonds. The Balaban J connectivity index is 3.35. The highest BCUT2D eigenvalue weighted by Crippen LogP contribution is 2.35. The Morgan fingerprint density at radius 2 is 2.15 bits per heavy atom.